The quantitative estimate of drug-likeness (QED) is 0.436. The molecule has 0 atom stereocenters. The van der Waals surface area contributed by atoms with Crippen LogP contribution in [0.25, 0.3) is 6.08 Å². The molecule has 0 unspecified atom stereocenters. The summed E-state index contributed by atoms with van der Waals surface area (Å²) in [6.07, 6.45) is 2.51. The molecule has 0 amide bonds. The molecule has 0 saturated carbocycles. The molecule has 0 aliphatic carbocycles. The van der Waals surface area contributed by atoms with Gasteiger partial charge in [-0.15, -0.1) is 0 Å². The summed E-state index contributed by atoms with van der Waals surface area (Å²) in [6.45, 7) is 3.12. The van der Waals surface area contributed by atoms with Crippen LogP contribution in [0.1, 0.15) is 6.99 Å². The van der Waals surface area contributed by atoms with E-state index in [9.17, 15) is 8.42 Å². The first kappa shape index (κ1) is 18.5. The van der Waals surface area contributed by atoms with Crippen molar-refractivity contribution in [1.82, 2.24) is 0 Å². The van der Waals surface area contributed by atoms with Gasteiger partial charge in [0.2, 0.25) is 0 Å². The van der Waals surface area contributed by atoms with E-state index in [0.717, 1.165) is 11.0 Å². The molecule has 1 rings (SSSR count). The van der Waals surface area contributed by atoms with Crippen LogP contribution in [0.2, 0.25) is 0 Å². The van der Waals surface area contributed by atoms with Crippen molar-refractivity contribution in [2.45, 2.75) is 0 Å². The number of hydrogen-bond acceptors (Lipinski definition) is 3. The third-order valence-corrected chi connectivity index (χ3v) is 1.80. The van der Waals surface area contributed by atoms with E-state index in [1.54, 1.807) is 30.3 Å². The molecular weight excluding hydrogens is 249 g/mol. The van der Waals surface area contributed by atoms with E-state index in [1.165, 1.54) is 12.2 Å². The number of hydrogen-bond donors (Lipinski definition) is 1. The van der Waals surface area contributed by atoms with Crippen LogP contribution in [0.5, 0.6) is 0 Å². The van der Waals surface area contributed by atoms with Gasteiger partial charge in [0.15, 0.2) is 0 Å². The summed E-state index contributed by atoms with van der Waals surface area (Å²) in [6, 6.07) is 10.6. The molecule has 0 saturated heterocycles. The summed E-state index contributed by atoms with van der Waals surface area (Å²) in [5.41, 5.74) is 0.732. The van der Waals surface area contributed by atoms with E-state index in [2.05, 4.69) is 6.58 Å². The Bertz CT molecular complexity index is 495. The Balaban J connectivity index is -0.000000332. The first-order valence-electron chi connectivity index (χ1n) is 4.20. The second kappa shape index (κ2) is 10.3. The van der Waals surface area contributed by atoms with Gasteiger partial charge in [0.1, 0.15) is 0 Å². The fourth-order valence-electron chi connectivity index (χ4n) is 0.729. The van der Waals surface area contributed by atoms with Crippen molar-refractivity contribution in [3.63, 3.8) is 0 Å². The number of nitrogens with zero attached hydrogens (tertiary/aromatic N) is 1. The molecule has 1 N–H and O–H groups in total. The van der Waals surface area contributed by atoms with Gasteiger partial charge in [0, 0.05) is 6.08 Å². The van der Waals surface area contributed by atoms with Crippen molar-refractivity contribution in [1.29, 1.82) is 5.26 Å². The molecule has 0 aliphatic heterocycles. The van der Waals surface area contributed by atoms with E-state index in [-0.39, 0.29) is 31.0 Å². The molecule has 86 valence electrons. The predicted octanol–water partition coefficient (Wildman–Crippen LogP) is -0.642. The first-order chi connectivity index (χ1) is 7.49. The Kier molecular flexibility index (Phi) is 11.2. The maximum atomic E-state index is 10.3. The van der Waals surface area contributed by atoms with Crippen LogP contribution < -0.4 is 29.6 Å². The number of rotatable bonds is 2. The summed E-state index contributed by atoms with van der Waals surface area (Å²) >= 11 is 0. The first-order valence-corrected chi connectivity index (χ1v) is 5.71. The number of allylic oxidation sites excluding steroid dienone is 1. The molecule has 0 aliphatic rings. The summed E-state index contributed by atoms with van der Waals surface area (Å²) in [5.74, 6) is 0. The van der Waals surface area contributed by atoms with Gasteiger partial charge in [-0.1, -0.05) is 36.9 Å². The van der Waals surface area contributed by atoms with E-state index in [1.807, 2.05) is 6.07 Å². The molecule has 0 bridgehead atoms. The monoisotopic (exact) mass is 261 g/mol. The summed E-state index contributed by atoms with van der Waals surface area (Å²) in [5, 5.41) is 8.26. The van der Waals surface area contributed by atoms with E-state index in [4.69, 9.17) is 9.81 Å². The van der Waals surface area contributed by atoms with E-state index >= 15 is 0 Å². The molecule has 4 nitrogen and oxygen atoms in total. The predicted molar refractivity (Wildman–Crippen MR) is 63.9 cm³/mol. The maximum absolute atomic E-state index is 10.3. The van der Waals surface area contributed by atoms with Crippen LogP contribution in [-0.2, 0) is 10.1 Å². The van der Waals surface area contributed by atoms with Crippen LogP contribution in [0.3, 0.4) is 0 Å². The van der Waals surface area contributed by atoms with Crippen LogP contribution >= 0.6 is 0 Å². The summed E-state index contributed by atoms with van der Waals surface area (Å²) in [7, 11) is -4.00. The average molecular weight is 261 g/mol. The van der Waals surface area contributed by atoms with Gasteiger partial charge in [-0.2, -0.15) is 13.7 Å². The second-order valence-electron chi connectivity index (χ2n) is 2.56. The topological polar surface area (TPSA) is 78.2 Å². The van der Waals surface area contributed by atoms with Gasteiger partial charge in [0.25, 0.3) is 10.1 Å². The third kappa shape index (κ3) is 13.0. The molecule has 0 fully saturated rings. The zero-order chi connectivity index (χ0) is 12.4. The van der Waals surface area contributed by atoms with Crippen molar-refractivity contribution in [2.24, 2.45) is 0 Å². The molecule has 1 aromatic rings. The average Bonchev–Trinajstić information content (AvgIpc) is 2.27. The molecule has 17 heavy (non-hydrogen) atoms. The van der Waals surface area contributed by atoms with Gasteiger partial charge in [-0.25, -0.2) is 0 Å². The second-order valence-corrected chi connectivity index (χ2v) is 3.86. The minimum Gasteiger partial charge on any atom is -1.00 e. The summed E-state index contributed by atoms with van der Waals surface area (Å²) in [4.78, 5) is 0. The largest absolute Gasteiger partial charge is 1.00 e. The van der Waals surface area contributed by atoms with Crippen LogP contribution in [0.4, 0.5) is 0 Å². The molecule has 0 heterocycles. The fourth-order valence-corrected chi connectivity index (χ4v) is 1.06. The van der Waals surface area contributed by atoms with Gasteiger partial charge in [-0.05, 0) is 11.6 Å². The molecule has 0 radical (unpaired) electrons. The molecule has 1 aromatic carbocycles. The van der Waals surface area contributed by atoms with Gasteiger partial charge in [0.05, 0.1) is 11.5 Å². The Morgan fingerprint density at radius 2 is 1.82 bits per heavy atom. The Morgan fingerprint density at radius 3 is 2.18 bits per heavy atom. The molecule has 0 spiro atoms. The van der Waals surface area contributed by atoms with Gasteiger partial charge >= 0.3 is 29.6 Å². The zero-order valence-electron chi connectivity index (χ0n) is 10.4. The maximum Gasteiger partial charge on any atom is 1.00 e. The van der Waals surface area contributed by atoms with E-state index in [0.29, 0.717) is 0 Å². The van der Waals surface area contributed by atoms with Crippen LogP contribution in [-0.4, -0.2) is 13.0 Å². The fraction of sp³-hybridized carbons (Fsp3) is 0. The Labute approximate surface area is 125 Å². The number of nitriles is 1. The molecule has 0 aromatic heterocycles. The van der Waals surface area contributed by atoms with Crippen molar-refractivity contribution in [2.75, 3.05) is 0 Å². The van der Waals surface area contributed by atoms with Gasteiger partial charge in [-0.3, -0.25) is 4.55 Å². The normalized spacial score (nSPS) is 9.41. The minimum atomic E-state index is -4.00. The minimum absolute atomic E-state index is 0. The van der Waals surface area contributed by atoms with Crippen LogP contribution in [0.15, 0.2) is 48.4 Å². The van der Waals surface area contributed by atoms with E-state index < -0.39 is 10.1 Å². The molecular formula is C11H12NNaO3S. The van der Waals surface area contributed by atoms with Crippen molar-refractivity contribution in [3.8, 4) is 6.07 Å². The Hall–Kier alpha value is -0.900. The number of benzene rings is 1. The smallest absolute Gasteiger partial charge is 1.00 e. The van der Waals surface area contributed by atoms with Crippen molar-refractivity contribution < 1.29 is 44.0 Å². The summed E-state index contributed by atoms with van der Waals surface area (Å²) < 4.78 is 28.9. The SMILES string of the molecule is C=CC#N.O=S(=O)(O)C=Cc1ccccc1.[H-].[Na+]. The zero-order valence-corrected chi connectivity index (χ0v) is 12.3. The van der Waals surface area contributed by atoms with Gasteiger partial charge < -0.3 is 1.43 Å². The molecule has 6 heteroatoms. The van der Waals surface area contributed by atoms with Crippen LogP contribution in [0, 0.1) is 11.3 Å². The van der Waals surface area contributed by atoms with Crippen molar-refractivity contribution in [3.05, 3.63) is 54.0 Å². The van der Waals surface area contributed by atoms with Crippen molar-refractivity contribution >= 4 is 16.2 Å². The third-order valence-electron chi connectivity index (χ3n) is 1.32. The standard InChI is InChI=1S/C8H8O3S.C3H3N.Na.H/c9-12(10,11)7-6-8-4-2-1-3-5-8;1-2-3-4;;/h1-7H,(H,9,10,11);2H,1H2;;/q;;+1;-1. The Morgan fingerprint density at radius 1 is 1.35 bits per heavy atom.